The summed E-state index contributed by atoms with van der Waals surface area (Å²) >= 11 is 5.90. The maximum Gasteiger partial charge on any atom is 0.260 e. The van der Waals surface area contributed by atoms with Crippen LogP contribution in [-0.4, -0.2) is 16.0 Å². The first-order valence-corrected chi connectivity index (χ1v) is 8.54. The molecule has 1 amide bonds. The monoisotopic (exact) mass is 355 g/mol. The molecule has 1 aromatic heterocycles. The summed E-state index contributed by atoms with van der Waals surface area (Å²) in [5, 5.41) is 7.58. The Morgan fingerprint density at radius 1 is 1.16 bits per heavy atom. The van der Waals surface area contributed by atoms with Gasteiger partial charge in [0.1, 0.15) is 0 Å². The zero-order valence-electron chi connectivity index (χ0n) is 13.8. The van der Waals surface area contributed by atoms with Gasteiger partial charge in [0.15, 0.2) is 0 Å². The Morgan fingerprint density at radius 2 is 1.92 bits per heavy atom. The number of nitrogens with one attached hydrogen (secondary N) is 1. The molecule has 0 spiro atoms. The number of benzene rings is 2. The number of nitrogens with zero attached hydrogens (tertiary/aromatic N) is 2. The molecule has 3 rings (SSSR count). The number of aromatic nitrogens is 2. The highest BCUT2D eigenvalue weighted by atomic mass is 35.5. The Labute approximate surface area is 151 Å². The summed E-state index contributed by atoms with van der Waals surface area (Å²) in [4.78, 5) is 16.5. The third-order valence-electron chi connectivity index (χ3n) is 3.72. The molecule has 0 fully saturated rings. The number of hydrogen-bond acceptors (Lipinski definition) is 4. The summed E-state index contributed by atoms with van der Waals surface area (Å²) in [6.07, 6.45) is 2.32. The van der Waals surface area contributed by atoms with Crippen LogP contribution < -0.4 is 5.32 Å². The topological polar surface area (TPSA) is 68.0 Å². The molecule has 128 valence electrons. The quantitative estimate of drug-likeness (QED) is 0.661. The van der Waals surface area contributed by atoms with Crippen molar-refractivity contribution in [3.05, 3.63) is 53.6 Å². The fourth-order valence-electron chi connectivity index (χ4n) is 2.38. The number of para-hydroxylation sites is 1. The molecule has 0 atom stereocenters. The normalized spacial score (nSPS) is 10.6. The minimum atomic E-state index is -0.0215. The van der Waals surface area contributed by atoms with Gasteiger partial charge in [0.25, 0.3) is 5.89 Å². The molecule has 1 heterocycles. The zero-order chi connectivity index (χ0) is 17.6. The average Bonchev–Trinajstić information content (AvgIpc) is 3.11. The van der Waals surface area contributed by atoms with E-state index in [1.807, 2.05) is 36.4 Å². The molecular weight excluding hydrogens is 338 g/mol. The van der Waals surface area contributed by atoms with Gasteiger partial charge in [-0.3, -0.25) is 4.79 Å². The lowest BCUT2D eigenvalue weighted by atomic mass is 10.1. The van der Waals surface area contributed by atoms with Crippen molar-refractivity contribution < 1.29 is 9.32 Å². The maximum atomic E-state index is 12.0. The Balaban J connectivity index is 1.85. The summed E-state index contributed by atoms with van der Waals surface area (Å²) in [5.74, 6) is 0.807. The van der Waals surface area contributed by atoms with E-state index in [1.165, 1.54) is 0 Å². The predicted molar refractivity (Wildman–Crippen MR) is 98.3 cm³/mol. The number of amides is 1. The lowest BCUT2D eigenvalue weighted by molar-refractivity contribution is -0.116. The number of carbonyl (C=O) groups excluding carboxylic acids is 1. The van der Waals surface area contributed by atoms with Crippen LogP contribution >= 0.6 is 11.6 Å². The fraction of sp³-hybridized carbons (Fsp3) is 0.211. The highest BCUT2D eigenvalue weighted by Gasteiger charge is 2.15. The Morgan fingerprint density at radius 3 is 2.68 bits per heavy atom. The molecule has 5 nitrogen and oxygen atoms in total. The Bertz CT molecular complexity index is 859. The summed E-state index contributed by atoms with van der Waals surface area (Å²) in [6.45, 7) is 2.05. The van der Waals surface area contributed by atoms with Gasteiger partial charge in [0.2, 0.25) is 11.7 Å². The Hall–Kier alpha value is -2.66. The van der Waals surface area contributed by atoms with Gasteiger partial charge in [-0.25, -0.2) is 0 Å². The minimum Gasteiger partial charge on any atom is -0.334 e. The number of carbonyl (C=O) groups is 1. The first kappa shape index (κ1) is 17.2. The van der Waals surface area contributed by atoms with E-state index in [4.69, 9.17) is 16.1 Å². The molecule has 0 bridgehead atoms. The fourth-order valence-corrected chi connectivity index (χ4v) is 2.50. The lowest BCUT2D eigenvalue weighted by Gasteiger charge is -2.08. The van der Waals surface area contributed by atoms with Gasteiger partial charge in [0.05, 0.1) is 11.3 Å². The van der Waals surface area contributed by atoms with Gasteiger partial charge in [-0.05, 0) is 42.8 Å². The zero-order valence-corrected chi connectivity index (χ0v) is 14.6. The van der Waals surface area contributed by atoms with Gasteiger partial charge < -0.3 is 9.84 Å². The van der Waals surface area contributed by atoms with Crippen molar-refractivity contribution in [2.24, 2.45) is 0 Å². The molecule has 0 saturated heterocycles. The second kappa shape index (κ2) is 7.94. The molecule has 2 aromatic carbocycles. The van der Waals surface area contributed by atoms with E-state index in [0.29, 0.717) is 34.4 Å². The smallest absolute Gasteiger partial charge is 0.260 e. The lowest BCUT2D eigenvalue weighted by Crippen LogP contribution is -2.11. The molecule has 1 N–H and O–H groups in total. The van der Waals surface area contributed by atoms with Gasteiger partial charge >= 0.3 is 0 Å². The predicted octanol–water partition coefficient (Wildman–Crippen LogP) is 5.19. The molecule has 0 aliphatic carbocycles. The Kier molecular flexibility index (Phi) is 5.46. The highest BCUT2D eigenvalue weighted by molar-refractivity contribution is 6.30. The maximum absolute atomic E-state index is 12.0. The summed E-state index contributed by atoms with van der Waals surface area (Å²) in [7, 11) is 0. The summed E-state index contributed by atoms with van der Waals surface area (Å²) in [6, 6.07) is 14.6. The van der Waals surface area contributed by atoms with E-state index >= 15 is 0 Å². The number of rotatable bonds is 6. The van der Waals surface area contributed by atoms with E-state index in [-0.39, 0.29) is 5.91 Å². The van der Waals surface area contributed by atoms with Crippen LogP contribution in [0.15, 0.2) is 53.1 Å². The SMILES string of the molecule is CCCCC(=O)Nc1ccccc1-c1nc(-c2ccc(Cl)cc2)no1. The summed E-state index contributed by atoms with van der Waals surface area (Å²) in [5.41, 5.74) is 2.17. The van der Waals surface area contributed by atoms with Crippen molar-refractivity contribution >= 4 is 23.2 Å². The molecule has 0 radical (unpaired) electrons. The largest absolute Gasteiger partial charge is 0.334 e. The van der Waals surface area contributed by atoms with Crippen molar-refractivity contribution in [3.8, 4) is 22.8 Å². The third-order valence-corrected chi connectivity index (χ3v) is 3.97. The van der Waals surface area contributed by atoms with Crippen molar-refractivity contribution in [1.29, 1.82) is 0 Å². The first-order chi connectivity index (χ1) is 12.2. The molecule has 25 heavy (non-hydrogen) atoms. The van der Waals surface area contributed by atoms with Crippen LogP contribution in [0.2, 0.25) is 5.02 Å². The molecular formula is C19H18ClN3O2. The van der Waals surface area contributed by atoms with Crippen LogP contribution in [0.25, 0.3) is 22.8 Å². The molecule has 0 unspecified atom stereocenters. The molecule has 0 saturated carbocycles. The third kappa shape index (κ3) is 4.25. The molecule has 6 heteroatoms. The van der Waals surface area contributed by atoms with E-state index < -0.39 is 0 Å². The second-order valence-corrected chi connectivity index (χ2v) is 6.06. The highest BCUT2D eigenvalue weighted by Crippen LogP contribution is 2.29. The van der Waals surface area contributed by atoms with Crippen LogP contribution in [0.3, 0.4) is 0 Å². The van der Waals surface area contributed by atoms with E-state index in [1.54, 1.807) is 12.1 Å². The standard InChI is InChI=1S/C19H18ClN3O2/c1-2-3-8-17(24)21-16-7-5-4-6-15(16)19-22-18(23-25-19)13-9-11-14(20)12-10-13/h4-7,9-12H,2-3,8H2,1H3,(H,21,24). The van der Waals surface area contributed by atoms with E-state index in [9.17, 15) is 4.79 Å². The van der Waals surface area contributed by atoms with Gasteiger partial charge in [0, 0.05) is 17.0 Å². The molecule has 3 aromatic rings. The number of anilines is 1. The van der Waals surface area contributed by atoms with Crippen LogP contribution in [0.5, 0.6) is 0 Å². The average molecular weight is 356 g/mol. The first-order valence-electron chi connectivity index (χ1n) is 8.16. The van der Waals surface area contributed by atoms with E-state index in [2.05, 4.69) is 22.4 Å². The van der Waals surface area contributed by atoms with Crippen LogP contribution in [-0.2, 0) is 4.79 Å². The number of halogens is 1. The summed E-state index contributed by atoms with van der Waals surface area (Å²) < 4.78 is 5.39. The van der Waals surface area contributed by atoms with Crippen molar-refractivity contribution in [2.45, 2.75) is 26.2 Å². The van der Waals surface area contributed by atoms with Gasteiger partial charge in [-0.15, -0.1) is 0 Å². The van der Waals surface area contributed by atoms with Crippen LogP contribution in [0, 0.1) is 0 Å². The van der Waals surface area contributed by atoms with Crippen LogP contribution in [0.4, 0.5) is 5.69 Å². The van der Waals surface area contributed by atoms with Crippen LogP contribution in [0.1, 0.15) is 26.2 Å². The molecule has 0 aliphatic rings. The second-order valence-electron chi connectivity index (χ2n) is 5.63. The number of unbranched alkanes of at least 4 members (excludes halogenated alkanes) is 1. The number of hydrogen-bond donors (Lipinski definition) is 1. The molecule has 0 aliphatic heterocycles. The van der Waals surface area contributed by atoms with Gasteiger partial charge in [-0.2, -0.15) is 4.98 Å². The van der Waals surface area contributed by atoms with Crippen molar-refractivity contribution in [2.75, 3.05) is 5.32 Å². The minimum absolute atomic E-state index is 0.0215. The van der Waals surface area contributed by atoms with Crippen molar-refractivity contribution in [3.63, 3.8) is 0 Å². The van der Waals surface area contributed by atoms with Crippen molar-refractivity contribution in [1.82, 2.24) is 10.1 Å². The van der Waals surface area contributed by atoms with E-state index in [0.717, 1.165) is 18.4 Å². The van der Waals surface area contributed by atoms with Gasteiger partial charge in [-0.1, -0.05) is 42.2 Å².